The molecule has 2 nitrogen and oxygen atoms in total. The van der Waals surface area contributed by atoms with Gasteiger partial charge in [0.25, 0.3) is 0 Å². The number of para-hydroxylation sites is 2. The van der Waals surface area contributed by atoms with E-state index in [0.29, 0.717) is 18.8 Å². The van der Waals surface area contributed by atoms with Gasteiger partial charge in [0.2, 0.25) is 0 Å². The smallest absolute Gasteiger partial charge is 0.123 e. The molecule has 0 saturated heterocycles. The SMILES string of the molecule is Fc1cccc(Cn2c(CCCl)nc3ccccc32)c1. The lowest BCUT2D eigenvalue weighted by Crippen LogP contribution is -2.06. The van der Waals surface area contributed by atoms with Crippen molar-refractivity contribution in [2.24, 2.45) is 0 Å². The van der Waals surface area contributed by atoms with Crippen molar-refractivity contribution >= 4 is 22.6 Å². The van der Waals surface area contributed by atoms with Crippen molar-refractivity contribution in [2.45, 2.75) is 13.0 Å². The molecule has 0 atom stereocenters. The maximum Gasteiger partial charge on any atom is 0.123 e. The van der Waals surface area contributed by atoms with E-state index >= 15 is 0 Å². The minimum absolute atomic E-state index is 0.217. The number of nitrogens with zero attached hydrogens (tertiary/aromatic N) is 2. The summed E-state index contributed by atoms with van der Waals surface area (Å²) in [6.07, 6.45) is 0.700. The Bertz CT molecular complexity index is 736. The van der Waals surface area contributed by atoms with Crippen molar-refractivity contribution in [1.29, 1.82) is 0 Å². The number of rotatable bonds is 4. The van der Waals surface area contributed by atoms with Gasteiger partial charge in [-0.15, -0.1) is 11.6 Å². The van der Waals surface area contributed by atoms with Gasteiger partial charge in [0.05, 0.1) is 11.0 Å². The molecule has 0 amide bonds. The van der Waals surface area contributed by atoms with Gasteiger partial charge in [0.1, 0.15) is 11.6 Å². The predicted octanol–water partition coefficient (Wildman–Crippen LogP) is 4.01. The molecular weight excluding hydrogens is 275 g/mol. The maximum atomic E-state index is 13.3. The van der Waals surface area contributed by atoms with Crippen LogP contribution in [-0.2, 0) is 13.0 Å². The molecule has 20 heavy (non-hydrogen) atoms. The van der Waals surface area contributed by atoms with Crippen molar-refractivity contribution in [1.82, 2.24) is 9.55 Å². The van der Waals surface area contributed by atoms with Crippen molar-refractivity contribution in [2.75, 3.05) is 5.88 Å². The van der Waals surface area contributed by atoms with Crippen LogP contribution in [0.15, 0.2) is 48.5 Å². The largest absolute Gasteiger partial charge is 0.323 e. The van der Waals surface area contributed by atoms with Gasteiger partial charge in [-0.1, -0.05) is 24.3 Å². The fourth-order valence-electron chi connectivity index (χ4n) is 2.40. The second kappa shape index (κ2) is 5.63. The molecule has 3 rings (SSSR count). The molecule has 1 aromatic heterocycles. The summed E-state index contributed by atoms with van der Waals surface area (Å²) in [6.45, 7) is 0.602. The predicted molar refractivity (Wildman–Crippen MR) is 79.7 cm³/mol. The fourth-order valence-corrected chi connectivity index (χ4v) is 2.56. The van der Waals surface area contributed by atoms with Crippen LogP contribution in [0.25, 0.3) is 11.0 Å². The highest BCUT2D eigenvalue weighted by atomic mass is 35.5. The number of aromatic nitrogens is 2. The van der Waals surface area contributed by atoms with Crippen LogP contribution in [-0.4, -0.2) is 15.4 Å². The highest BCUT2D eigenvalue weighted by molar-refractivity contribution is 6.17. The molecule has 102 valence electrons. The third-order valence-corrected chi connectivity index (χ3v) is 3.47. The summed E-state index contributed by atoms with van der Waals surface area (Å²) in [4.78, 5) is 4.61. The topological polar surface area (TPSA) is 17.8 Å². The second-order valence-electron chi connectivity index (χ2n) is 4.67. The van der Waals surface area contributed by atoms with Gasteiger partial charge in [-0.3, -0.25) is 0 Å². The van der Waals surface area contributed by atoms with Gasteiger partial charge < -0.3 is 4.57 Å². The van der Waals surface area contributed by atoms with Crippen molar-refractivity contribution in [3.05, 3.63) is 65.7 Å². The van der Waals surface area contributed by atoms with Crippen LogP contribution in [0, 0.1) is 5.82 Å². The number of halogens is 2. The Labute approximate surface area is 121 Å². The number of hydrogen-bond acceptors (Lipinski definition) is 1. The number of benzene rings is 2. The average Bonchev–Trinajstić information content (AvgIpc) is 2.78. The number of imidazole rings is 1. The van der Waals surface area contributed by atoms with Crippen molar-refractivity contribution in [3.63, 3.8) is 0 Å². The van der Waals surface area contributed by atoms with Crippen molar-refractivity contribution < 1.29 is 4.39 Å². The molecule has 3 aromatic rings. The standard InChI is InChI=1S/C16H14ClFN2/c17-9-8-16-19-14-6-1-2-7-15(14)20(16)11-12-4-3-5-13(18)10-12/h1-7,10H,8-9,11H2. The zero-order chi connectivity index (χ0) is 13.9. The van der Waals surface area contributed by atoms with Gasteiger partial charge in [-0.2, -0.15) is 0 Å². The molecule has 1 heterocycles. The summed E-state index contributed by atoms with van der Waals surface area (Å²) in [5, 5.41) is 0. The van der Waals surface area contributed by atoms with Crippen LogP contribution >= 0.6 is 11.6 Å². The first-order chi connectivity index (χ1) is 9.78. The van der Waals surface area contributed by atoms with Crippen LogP contribution < -0.4 is 0 Å². The van der Waals surface area contributed by atoms with Crippen LogP contribution in [0.1, 0.15) is 11.4 Å². The first kappa shape index (κ1) is 13.1. The van der Waals surface area contributed by atoms with E-state index < -0.39 is 0 Å². The minimum atomic E-state index is -0.217. The van der Waals surface area contributed by atoms with E-state index in [9.17, 15) is 4.39 Å². The average molecular weight is 289 g/mol. The summed E-state index contributed by atoms with van der Waals surface area (Å²) in [5.74, 6) is 1.24. The van der Waals surface area contributed by atoms with Gasteiger partial charge in [-0.25, -0.2) is 9.37 Å². The number of fused-ring (bicyclic) bond motifs is 1. The van der Waals surface area contributed by atoms with E-state index in [2.05, 4.69) is 9.55 Å². The minimum Gasteiger partial charge on any atom is -0.323 e. The Morgan fingerprint density at radius 2 is 1.95 bits per heavy atom. The lowest BCUT2D eigenvalue weighted by Gasteiger charge is -2.08. The molecule has 0 unspecified atom stereocenters. The molecule has 0 radical (unpaired) electrons. The molecule has 0 aliphatic rings. The molecule has 2 aromatic carbocycles. The van der Waals surface area contributed by atoms with E-state index in [1.807, 2.05) is 30.3 Å². The van der Waals surface area contributed by atoms with Crippen LogP contribution in [0.4, 0.5) is 4.39 Å². The van der Waals surface area contributed by atoms with Gasteiger partial charge in [-0.05, 0) is 29.8 Å². The lowest BCUT2D eigenvalue weighted by atomic mass is 10.2. The van der Waals surface area contributed by atoms with E-state index in [4.69, 9.17) is 11.6 Å². The zero-order valence-electron chi connectivity index (χ0n) is 10.9. The molecule has 0 spiro atoms. The summed E-state index contributed by atoms with van der Waals surface area (Å²) in [5.41, 5.74) is 2.92. The summed E-state index contributed by atoms with van der Waals surface area (Å²) in [7, 11) is 0. The molecule has 4 heteroatoms. The van der Waals surface area contributed by atoms with E-state index in [1.54, 1.807) is 12.1 Å². The van der Waals surface area contributed by atoms with Crippen molar-refractivity contribution in [3.8, 4) is 0 Å². The first-order valence-electron chi connectivity index (χ1n) is 6.52. The lowest BCUT2D eigenvalue weighted by molar-refractivity contribution is 0.623. The normalized spacial score (nSPS) is 11.1. The highest BCUT2D eigenvalue weighted by Crippen LogP contribution is 2.19. The molecule has 0 N–H and O–H groups in total. The monoisotopic (exact) mass is 288 g/mol. The summed E-state index contributed by atoms with van der Waals surface area (Å²) >= 11 is 5.85. The number of hydrogen-bond donors (Lipinski definition) is 0. The van der Waals surface area contributed by atoms with E-state index in [-0.39, 0.29) is 5.82 Å². The zero-order valence-corrected chi connectivity index (χ0v) is 11.6. The quantitative estimate of drug-likeness (QED) is 0.663. The second-order valence-corrected chi connectivity index (χ2v) is 5.05. The first-order valence-corrected chi connectivity index (χ1v) is 7.06. The maximum absolute atomic E-state index is 13.3. The van der Waals surface area contributed by atoms with Crippen LogP contribution in [0.2, 0.25) is 0 Å². The summed E-state index contributed by atoms with van der Waals surface area (Å²) < 4.78 is 15.4. The molecule has 0 aliphatic heterocycles. The van der Waals surface area contributed by atoms with Crippen LogP contribution in [0.5, 0.6) is 0 Å². The molecular formula is C16H14ClFN2. The Kier molecular flexibility index (Phi) is 3.70. The molecule has 0 bridgehead atoms. The Hall–Kier alpha value is -1.87. The highest BCUT2D eigenvalue weighted by Gasteiger charge is 2.10. The Balaban J connectivity index is 2.06. The third-order valence-electron chi connectivity index (χ3n) is 3.28. The molecule has 0 fully saturated rings. The number of aryl methyl sites for hydroxylation is 1. The molecule has 0 saturated carbocycles. The Morgan fingerprint density at radius 1 is 1.10 bits per heavy atom. The fraction of sp³-hybridized carbons (Fsp3) is 0.188. The van der Waals surface area contributed by atoms with E-state index in [1.165, 1.54) is 6.07 Å². The third kappa shape index (κ3) is 2.54. The van der Waals surface area contributed by atoms with Gasteiger partial charge >= 0.3 is 0 Å². The van der Waals surface area contributed by atoms with Gasteiger partial charge in [0.15, 0.2) is 0 Å². The van der Waals surface area contributed by atoms with Crippen LogP contribution in [0.3, 0.4) is 0 Å². The van der Waals surface area contributed by atoms with Gasteiger partial charge in [0, 0.05) is 18.8 Å². The molecule has 0 aliphatic carbocycles. The summed E-state index contributed by atoms with van der Waals surface area (Å²) in [6, 6.07) is 14.6. The Morgan fingerprint density at radius 3 is 2.75 bits per heavy atom. The van der Waals surface area contributed by atoms with E-state index in [0.717, 1.165) is 22.4 Å². The number of alkyl halides is 1.